The number of ether oxygens (including phenoxy) is 1. The molecule has 1 aromatic heterocycles. The Hall–Kier alpha value is -2.43. The van der Waals surface area contributed by atoms with Gasteiger partial charge in [0, 0.05) is 6.20 Å². The lowest BCUT2D eigenvalue weighted by Gasteiger charge is -2.11. The van der Waals surface area contributed by atoms with E-state index in [9.17, 15) is 9.18 Å². The molecule has 0 fully saturated rings. The molecule has 0 aliphatic carbocycles. The van der Waals surface area contributed by atoms with Gasteiger partial charge in [-0.3, -0.25) is 0 Å². The van der Waals surface area contributed by atoms with Crippen LogP contribution in [0.5, 0.6) is 0 Å². The fourth-order valence-electron chi connectivity index (χ4n) is 2.02. The van der Waals surface area contributed by atoms with Gasteiger partial charge in [-0.15, -0.1) is 0 Å². The molecule has 0 saturated heterocycles. The zero-order valence-corrected chi connectivity index (χ0v) is 12.0. The van der Waals surface area contributed by atoms with Crippen LogP contribution < -0.4 is 5.73 Å². The number of carbonyl (C=O) groups excluding carboxylic acids is 1. The summed E-state index contributed by atoms with van der Waals surface area (Å²) in [5, 5.41) is 0. The van der Waals surface area contributed by atoms with Gasteiger partial charge in [0.25, 0.3) is 0 Å². The Morgan fingerprint density at radius 2 is 2.00 bits per heavy atom. The van der Waals surface area contributed by atoms with E-state index in [0.717, 1.165) is 16.7 Å². The third-order valence-corrected chi connectivity index (χ3v) is 3.27. The second-order valence-corrected chi connectivity index (χ2v) is 4.69. The number of halogens is 1. The topological polar surface area (TPSA) is 65.2 Å². The highest BCUT2D eigenvalue weighted by atomic mass is 19.1. The van der Waals surface area contributed by atoms with Crippen LogP contribution in [0.1, 0.15) is 34.1 Å². The zero-order chi connectivity index (χ0) is 15.4. The predicted octanol–water partition coefficient (Wildman–Crippen LogP) is 2.88. The summed E-state index contributed by atoms with van der Waals surface area (Å²) in [7, 11) is 0. The van der Waals surface area contributed by atoms with Gasteiger partial charge < -0.3 is 10.5 Å². The number of rotatable bonds is 4. The number of aromatic nitrogens is 1. The lowest BCUT2D eigenvalue weighted by Crippen LogP contribution is -2.12. The van der Waals surface area contributed by atoms with Crippen molar-refractivity contribution in [2.45, 2.75) is 20.3 Å². The smallest absolute Gasteiger partial charge is 0.359 e. The first-order valence-corrected chi connectivity index (χ1v) is 6.68. The second-order valence-electron chi connectivity index (χ2n) is 4.69. The Bertz CT molecular complexity index is 654. The van der Waals surface area contributed by atoms with E-state index in [2.05, 4.69) is 4.98 Å². The lowest BCUT2D eigenvalue weighted by atomic mass is 10.0. The first kappa shape index (κ1) is 15.0. The summed E-state index contributed by atoms with van der Waals surface area (Å²) in [6, 6.07) is 6.25. The van der Waals surface area contributed by atoms with E-state index in [-0.39, 0.29) is 18.1 Å². The number of nitrogen functional groups attached to an aromatic ring is 1. The minimum Gasteiger partial charge on any atom is -0.461 e. The Kier molecular flexibility index (Phi) is 4.52. The Balaban J connectivity index is 2.28. The van der Waals surface area contributed by atoms with Crippen LogP contribution in [0.15, 0.2) is 30.5 Å². The van der Waals surface area contributed by atoms with E-state index < -0.39 is 5.97 Å². The minimum absolute atomic E-state index is 0.136. The molecule has 0 saturated carbocycles. The summed E-state index contributed by atoms with van der Waals surface area (Å²) >= 11 is 0. The lowest BCUT2D eigenvalue weighted by molar-refractivity contribution is 0.0520. The Labute approximate surface area is 122 Å². The molecule has 0 atom stereocenters. The van der Waals surface area contributed by atoms with Crippen molar-refractivity contribution in [3.8, 4) is 0 Å². The van der Waals surface area contributed by atoms with Crippen LogP contribution in [0.25, 0.3) is 0 Å². The molecular weight excluding hydrogens is 271 g/mol. The van der Waals surface area contributed by atoms with Crippen LogP contribution in [0, 0.1) is 12.7 Å². The highest BCUT2D eigenvalue weighted by Crippen LogP contribution is 2.22. The maximum Gasteiger partial charge on any atom is 0.359 e. The van der Waals surface area contributed by atoms with Gasteiger partial charge in [-0.2, -0.15) is 0 Å². The van der Waals surface area contributed by atoms with Crippen LogP contribution in [0.3, 0.4) is 0 Å². The van der Waals surface area contributed by atoms with E-state index in [4.69, 9.17) is 10.5 Å². The molecule has 0 unspecified atom stereocenters. The molecule has 21 heavy (non-hydrogen) atoms. The molecule has 2 aromatic rings. The fraction of sp³-hybridized carbons (Fsp3) is 0.250. The van der Waals surface area contributed by atoms with Crippen molar-refractivity contribution in [1.82, 2.24) is 4.98 Å². The summed E-state index contributed by atoms with van der Waals surface area (Å²) < 4.78 is 17.8. The summed E-state index contributed by atoms with van der Waals surface area (Å²) in [5.74, 6) is -0.794. The van der Waals surface area contributed by atoms with Crippen molar-refractivity contribution in [3.63, 3.8) is 0 Å². The van der Waals surface area contributed by atoms with Crippen molar-refractivity contribution in [2.75, 3.05) is 12.3 Å². The van der Waals surface area contributed by atoms with E-state index in [1.807, 2.05) is 6.92 Å². The monoisotopic (exact) mass is 288 g/mol. The summed E-state index contributed by atoms with van der Waals surface area (Å²) in [6.07, 6.45) is 2.19. The number of carbonyl (C=O) groups is 1. The number of anilines is 1. The maximum absolute atomic E-state index is 12.9. The quantitative estimate of drug-likeness (QED) is 0.879. The zero-order valence-electron chi connectivity index (χ0n) is 12.0. The number of benzene rings is 1. The molecular formula is C16H17FN2O2. The number of esters is 1. The molecule has 110 valence electrons. The summed E-state index contributed by atoms with van der Waals surface area (Å²) in [6.45, 7) is 3.83. The SMILES string of the molecule is CCOC(=O)c1ncc(Cc2ccc(F)cc2)c(C)c1N. The number of hydrogen-bond acceptors (Lipinski definition) is 4. The highest BCUT2D eigenvalue weighted by Gasteiger charge is 2.16. The molecule has 5 heteroatoms. The fourth-order valence-corrected chi connectivity index (χ4v) is 2.02. The average molecular weight is 288 g/mol. The van der Waals surface area contributed by atoms with Gasteiger partial charge in [0.2, 0.25) is 0 Å². The maximum atomic E-state index is 12.9. The highest BCUT2D eigenvalue weighted by molar-refractivity contribution is 5.93. The average Bonchev–Trinajstić information content (AvgIpc) is 2.46. The van der Waals surface area contributed by atoms with Crippen molar-refractivity contribution in [3.05, 3.63) is 58.7 Å². The van der Waals surface area contributed by atoms with E-state index in [0.29, 0.717) is 12.1 Å². The first-order valence-electron chi connectivity index (χ1n) is 6.68. The molecule has 0 spiro atoms. The number of pyridine rings is 1. The van der Waals surface area contributed by atoms with Gasteiger partial charge in [0.15, 0.2) is 5.69 Å². The molecule has 0 aliphatic rings. The third kappa shape index (κ3) is 3.37. The van der Waals surface area contributed by atoms with E-state index >= 15 is 0 Å². The molecule has 0 bridgehead atoms. The van der Waals surface area contributed by atoms with Crippen LogP contribution in [0.2, 0.25) is 0 Å². The largest absolute Gasteiger partial charge is 0.461 e. The predicted molar refractivity (Wildman–Crippen MR) is 78.5 cm³/mol. The molecule has 1 heterocycles. The Morgan fingerprint density at radius 1 is 1.33 bits per heavy atom. The molecule has 0 aliphatic heterocycles. The Morgan fingerprint density at radius 3 is 2.62 bits per heavy atom. The van der Waals surface area contributed by atoms with Gasteiger partial charge in [-0.05, 0) is 49.1 Å². The third-order valence-electron chi connectivity index (χ3n) is 3.27. The molecule has 0 amide bonds. The van der Waals surface area contributed by atoms with Crippen molar-refractivity contribution in [2.24, 2.45) is 0 Å². The molecule has 4 nitrogen and oxygen atoms in total. The van der Waals surface area contributed by atoms with Crippen molar-refractivity contribution in [1.29, 1.82) is 0 Å². The summed E-state index contributed by atoms with van der Waals surface area (Å²) in [5.41, 5.74) is 9.07. The minimum atomic E-state index is -0.522. The van der Waals surface area contributed by atoms with Crippen LogP contribution >= 0.6 is 0 Å². The van der Waals surface area contributed by atoms with Crippen molar-refractivity contribution < 1.29 is 13.9 Å². The number of hydrogen-bond donors (Lipinski definition) is 1. The van der Waals surface area contributed by atoms with E-state index in [1.54, 1.807) is 25.3 Å². The van der Waals surface area contributed by atoms with Gasteiger partial charge in [-0.1, -0.05) is 12.1 Å². The van der Waals surface area contributed by atoms with Crippen molar-refractivity contribution >= 4 is 11.7 Å². The van der Waals surface area contributed by atoms with Gasteiger partial charge >= 0.3 is 5.97 Å². The van der Waals surface area contributed by atoms with Gasteiger partial charge in [0.1, 0.15) is 5.82 Å². The van der Waals surface area contributed by atoms with Crippen LogP contribution in [-0.2, 0) is 11.2 Å². The van der Waals surface area contributed by atoms with E-state index in [1.165, 1.54) is 12.1 Å². The van der Waals surface area contributed by atoms with Crippen LogP contribution in [-0.4, -0.2) is 17.6 Å². The van der Waals surface area contributed by atoms with Crippen LogP contribution in [0.4, 0.5) is 10.1 Å². The van der Waals surface area contributed by atoms with Gasteiger partial charge in [-0.25, -0.2) is 14.2 Å². The summed E-state index contributed by atoms with van der Waals surface area (Å²) in [4.78, 5) is 15.8. The molecule has 0 radical (unpaired) electrons. The second kappa shape index (κ2) is 6.35. The number of nitrogens with two attached hydrogens (primary N) is 1. The first-order chi connectivity index (χ1) is 10.0. The molecule has 2 rings (SSSR count). The van der Waals surface area contributed by atoms with Gasteiger partial charge in [0.05, 0.1) is 12.3 Å². The molecule has 1 aromatic carbocycles. The molecule has 2 N–H and O–H groups in total. The number of nitrogens with zero attached hydrogens (tertiary/aromatic N) is 1. The normalized spacial score (nSPS) is 10.4. The standard InChI is InChI=1S/C16H17FN2O2/c1-3-21-16(20)15-14(18)10(2)12(9-19-15)8-11-4-6-13(17)7-5-11/h4-7,9H,3,8,18H2,1-2H3.